The van der Waals surface area contributed by atoms with Crippen molar-refractivity contribution in [2.45, 2.75) is 52.3 Å². The van der Waals surface area contributed by atoms with Crippen LogP contribution >= 0.6 is 11.3 Å². The van der Waals surface area contributed by atoms with Gasteiger partial charge in [0, 0.05) is 18.5 Å². The van der Waals surface area contributed by atoms with E-state index in [1.165, 1.54) is 4.90 Å². The first-order valence-electron chi connectivity index (χ1n) is 10.1. The monoisotopic (exact) mass is 462 g/mol. The third-order valence-electron chi connectivity index (χ3n) is 5.22. The maximum absolute atomic E-state index is 12.1. The van der Waals surface area contributed by atoms with Gasteiger partial charge in [-0.25, -0.2) is 9.78 Å². The fourth-order valence-electron chi connectivity index (χ4n) is 3.21. The van der Waals surface area contributed by atoms with Gasteiger partial charge in [0.25, 0.3) is 0 Å². The summed E-state index contributed by atoms with van der Waals surface area (Å²) in [7, 11) is 0. The number of aromatic nitrogens is 1. The number of aryl methyl sites for hydroxylation is 1. The Morgan fingerprint density at radius 3 is 2.25 bits per heavy atom. The molecule has 174 valence electrons. The second kappa shape index (κ2) is 10.2. The number of aliphatic carboxylic acids is 1. The molecule has 1 aliphatic heterocycles. The molecule has 2 amide bonds. The summed E-state index contributed by atoms with van der Waals surface area (Å²) in [5, 5.41) is 18.4. The largest absolute Gasteiger partial charge is 0.480 e. The summed E-state index contributed by atoms with van der Waals surface area (Å²) in [4.78, 5) is 40.4. The smallest absolute Gasteiger partial charge is 0.326 e. The zero-order chi connectivity index (χ0) is 24.2. The molecule has 9 nitrogen and oxygen atoms in total. The van der Waals surface area contributed by atoms with Crippen molar-refractivity contribution in [3.05, 3.63) is 41.0 Å². The molecule has 1 unspecified atom stereocenters. The highest BCUT2D eigenvalue weighted by Gasteiger charge is 2.42. The number of rotatable bonds is 4. The number of carbonyl (C=O) groups is 3. The first-order valence-corrected chi connectivity index (χ1v) is 11.0. The summed E-state index contributed by atoms with van der Waals surface area (Å²) >= 11 is 1.59. The highest BCUT2D eigenvalue weighted by molar-refractivity contribution is 7.13. The van der Waals surface area contributed by atoms with Gasteiger partial charge in [0.05, 0.1) is 28.2 Å². The van der Waals surface area contributed by atoms with Crippen LogP contribution in [0.4, 0.5) is 0 Å². The van der Waals surface area contributed by atoms with Crippen LogP contribution in [-0.4, -0.2) is 62.6 Å². The van der Waals surface area contributed by atoms with Gasteiger partial charge in [0.15, 0.2) is 0 Å². The second-order valence-electron chi connectivity index (χ2n) is 8.79. The van der Waals surface area contributed by atoms with Gasteiger partial charge in [-0.05, 0) is 30.0 Å². The lowest BCUT2D eigenvalue weighted by molar-refractivity contribution is -0.149. The van der Waals surface area contributed by atoms with E-state index in [4.69, 9.17) is 16.6 Å². The third kappa shape index (κ3) is 6.12. The molecular formula is C22H30N4O5S. The Labute approximate surface area is 191 Å². The number of β-amino-alcohol motifs (C(OH)–C–C–N with tert-alkyl or cyclic N) is 1. The summed E-state index contributed by atoms with van der Waals surface area (Å²) in [5.41, 5.74) is 15.0. The van der Waals surface area contributed by atoms with Crippen LogP contribution < -0.4 is 11.5 Å². The number of benzene rings is 1. The lowest BCUT2D eigenvalue weighted by atomic mass is 9.86. The fourth-order valence-corrected chi connectivity index (χ4v) is 4.02. The Morgan fingerprint density at radius 2 is 1.81 bits per heavy atom. The van der Waals surface area contributed by atoms with Gasteiger partial charge in [0.1, 0.15) is 6.04 Å². The molecule has 32 heavy (non-hydrogen) atoms. The van der Waals surface area contributed by atoms with E-state index in [9.17, 15) is 19.5 Å². The zero-order valence-corrected chi connectivity index (χ0v) is 19.4. The first-order chi connectivity index (χ1) is 14.8. The second-order valence-corrected chi connectivity index (χ2v) is 9.64. The predicted octanol–water partition coefficient (Wildman–Crippen LogP) is 1.62. The predicted molar refractivity (Wildman–Crippen MR) is 122 cm³/mol. The molecule has 1 saturated heterocycles. The number of aliphatic hydroxyl groups is 1. The van der Waals surface area contributed by atoms with Crippen LogP contribution in [0.15, 0.2) is 29.8 Å². The normalized spacial score (nSPS) is 19.1. The topological polar surface area (TPSA) is 160 Å². The van der Waals surface area contributed by atoms with Crippen molar-refractivity contribution in [3.63, 3.8) is 0 Å². The number of nitrogens with two attached hydrogens (primary N) is 2. The minimum atomic E-state index is -1.10. The Morgan fingerprint density at radius 1 is 1.22 bits per heavy atom. The van der Waals surface area contributed by atoms with Crippen molar-refractivity contribution in [2.75, 3.05) is 6.54 Å². The highest BCUT2D eigenvalue weighted by atomic mass is 32.1. The van der Waals surface area contributed by atoms with E-state index in [-0.39, 0.29) is 13.0 Å². The van der Waals surface area contributed by atoms with Crippen LogP contribution in [0, 0.1) is 12.3 Å². The van der Waals surface area contributed by atoms with E-state index in [1.807, 2.05) is 45.3 Å². The molecule has 6 N–H and O–H groups in total. The van der Waals surface area contributed by atoms with Gasteiger partial charge in [-0.2, -0.15) is 0 Å². The number of carbonyl (C=O) groups excluding carboxylic acids is 2. The molecule has 0 bridgehead atoms. The minimum Gasteiger partial charge on any atom is -0.480 e. The summed E-state index contributed by atoms with van der Waals surface area (Å²) in [6, 6.07) is 5.51. The minimum absolute atomic E-state index is 0.0413. The van der Waals surface area contributed by atoms with Crippen LogP contribution in [0.3, 0.4) is 0 Å². The Balaban J connectivity index is 0.000000228. The third-order valence-corrected chi connectivity index (χ3v) is 6.20. The van der Waals surface area contributed by atoms with Crippen molar-refractivity contribution in [1.29, 1.82) is 0 Å². The van der Waals surface area contributed by atoms with Crippen molar-refractivity contribution in [1.82, 2.24) is 9.88 Å². The summed E-state index contributed by atoms with van der Waals surface area (Å²) < 4.78 is 0. The average molecular weight is 463 g/mol. The number of primary amides is 1. The molecule has 2 heterocycles. The first kappa shape index (κ1) is 25.4. The molecule has 1 aromatic carbocycles. The number of hydrogen-bond acceptors (Lipinski definition) is 7. The number of amides is 2. The van der Waals surface area contributed by atoms with Crippen LogP contribution in [0.1, 0.15) is 43.2 Å². The van der Waals surface area contributed by atoms with Gasteiger partial charge in [-0.1, -0.05) is 32.9 Å². The molecule has 0 saturated carbocycles. The maximum Gasteiger partial charge on any atom is 0.326 e. The number of carboxylic acid groups (broad SMARTS) is 1. The van der Waals surface area contributed by atoms with E-state index < -0.39 is 41.4 Å². The Bertz CT molecular complexity index is 967. The van der Waals surface area contributed by atoms with Crippen LogP contribution in [0.25, 0.3) is 10.4 Å². The number of nitrogens with zero attached hydrogens (tertiary/aromatic N) is 2. The standard InChI is InChI=1S/C11H20N2O4.C11H10N2OS/c1-11(2,3)8(12)9(15)13-5-6(14)4-7(13)10(16)17;1-7-10(15-6-13-7)8-2-4-9(5-3-8)11(12)14/h6-8,14H,4-5,12H2,1-3H3,(H,16,17);2-6H,1H3,(H2,12,14)/t6-,7+,8?;/m1./s1. The van der Waals surface area contributed by atoms with Crippen molar-refractivity contribution < 1.29 is 24.6 Å². The van der Waals surface area contributed by atoms with Gasteiger partial charge in [-0.15, -0.1) is 11.3 Å². The number of carboxylic acids is 1. The number of aliphatic hydroxyl groups excluding tert-OH is 1. The van der Waals surface area contributed by atoms with E-state index in [2.05, 4.69) is 4.98 Å². The average Bonchev–Trinajstić information content (AvgIpc) is 3.32. The van der Waals surface area contributed by atoms with Gasteiger partial charge in [-0.3, -0.25) is 9.59 Å². The van der Waals surface area contributed by atoms with E-state index in [0.717, 1.165) is 16.1 Å². The molecule has 3 atom stereocenters. The number of likely N-dealkylation sites (tertiary alicyclic amines) is 1. The Hall–Kier alpha value is -2.82. The number of thiazole rings is 1. The van der Waals surface area contributed by atoms with E-state index in [1.54, 1.807) is 23.5 Å². The number of hydrogen-bond donors (Lipinski definition) is 4. The van der Waals surface area contributed by atoms with Crippen molar-refractivity contribution >= 4 is 29.1 Å². The van der Waals surface area contributed by atoms with Crippen LogP contribution in [0.5, 0.6) is 0 Å². The fraction of sp³-hybridized carbons (Fsp3) is 0.455. The SMILES string of the molecule is CC(C)(C)C(N)C(=O)N1C[C@H](O)C[C@H]1C(=O)O.Cc1ncsc1-c1ccc(C(N)=O)cc1. The van der Waals surface area contributed by atoms with Gasteiger partial charge >= 0.3 is 5.97 Å². The summed E-state index contributed by atoms with van der Waals surface area (Å²) in [5.74, 6) is -1.92. The summed E-state index contributed by atoms with van der Waals surface area (Å²) in [6.07, 6.45) is -0.718. The molecule has 1 fully saturated rings. The van der Waals surface area contributed by atoms with Gasteiger partial charge < -0.3 is 26.6 Å². The van der Waals surface area contributed by atoms with Crippen LogP contribution in [-0.2, 0) is 9.59 Å². The lowest BCUT2D eigenvalue weighted by Gasteiger charge is -2.31. The Kier molecular flexibility index (Phi) is 8.11. The quantitative estimate of drug-likeness (QED) is 0.537. The zero-order valence-electron chi connectivity index (χ0n) is 18.6. The molecule has 1 aliphatic rings. The molecule has 0 radical (unpaired) electrons. The van der Waals surface area contributed by atoms with Crippen molar-refractivity contribution in [2.24, 2.45) is 16.9 Å². The van der Waals surface area contributed by atoms with Crippen molar-refractivity contribution in [3.8, 4) is 10.4 Å². The van der Waals surface area contributed by atoms with Crippen LogP contribution in [0.2, 0.25) is 0 Å². The van der Waals surface area contributed by atoms with E-state index >= 15 is 0 Å². The maximum atomic E-state index is 12.1. The summed E-state index contributed by atoms with van der Waals surface area (Å²) in [6.45, 7) is 7.46. The molecule has 1 aromatic heterocycles. The molecule has 0 aliphatic carbocycles. The molecule has 2 aromatic rings. The molecular weight excluding hydrogens is 432 g/mol. The highest BCUT2D eigenvalue weighted by Crippen LogP contribution is 2.27. The van der Waals surface area contributed by atoms with Gasteiger partial charge in [0.2, 0.25) is 11.8 Å². The molecule has 0 spiro atoms. The molecule has 10 heteroatoms. The van der Waals surface area contributed by atoms with E-state index in [0.29, 0.717) is 5.56 Å². The lowest BCUT2D eigenvalue weighted by Crippen LogP contribution is -2.53. The molecule has 3 rings (SSSR count).